The van der Waals surface area contributed by atoms with E-state index in [1.54, 1.807) is 6.92 Å². The zero-order valence-electron chi connectivity index (χ0n) is 10.4. The van der Waals surface area contributed by atoms with Crippen molar-refractivity contribution in [2.24, 2.45) is 0 Å². The number of amides is 1. The molecule has 0 atom stereocenters. The van der Waals surface area contributed by atoms with Gasteiger partial charge in [-0.1, -0.05) is 0 Å². The molecule has 7 heteroatoms. The Balaban J connectivity index is 2.67. The fourth-order valence-corrected chi connectivity index (χ4v) is 1.37. The minimum Gasteiger partial charge on any atom is -0.397 e. The number of nitrogens with one attached hydrogen (secondary N) is 1. The minimum atomic E-state index is -4.45. The number of carbonyl (C=O) groups is 1. The van der Waals surface area contributed by atoms with E-state index < -0.39 is 11.7 Å². The Hall–Kier alpha value is -1.76. The normalized spacial score (nSPS) is 11.4. The highest BCUT2D eigenvalue weighted by atomic mass is 19.4. The van der Waals surface area contributed by atoms with Gasteiger partial charge in [-0.05, 0) is 25.1 Å². The Morgan fingerprint density at radius 1 is 1.42 bits per heavy atom. The van der Waals surface area contributed by atoms with Crippen LogP contribution >= 0.6 is 0 Å². The molecular weight excluding hydrogens is 261 g/mol. The van der Waals surface area contributed by atoms with Crippen molar-refractivity contribution in [2.45, 2.75) is 19.5 Å². The number of alkyl halides is 3. The molecule has 0 fully saturated rings. The van der Waals surface area contributed by atoms with E-state index in [1.807, 2.05) is 0 Å². The van der Waals surface area contributed by atoms with Crippen molar-refractivity contribution in [2.75, 3.05) is 24.3 Å². The quantitative estimate of drug-likeness (QED) is 0.642. The van der Waals surface area contributed by atoms with E-state index in [2.05, 4.69) is 5.32 Å². The number of nitrogens with two attached hydrogens (primary N) is 1. The van der Waals surface area contributed by atoms with Gasteiger partial charge in [0.25, 0.3) is 0 Å². The van der Waals surface area contributed by atoms with E-state index in [9.17, 15) is 18.0 Å². The molecule has 0 radical (unpaired) electrons. The number of ether oxygens (including phenoxy) is 1. The molecule has 0 aromatic heterocycles. The van der Waals surface area contributed by atoms with Crippen molar-refractivity contribution in [3.05, 3.63) is 23.8 Å². The summed E-state index contributed by atoms with van der Waals surface area (Å²) in [5, 5.41) is 2.44. The molecule has 0 unspecified atom stereocenters. The van der Waals surface area contributed by atoms with Crippen LogP contribution in [0.25, 0.3) is 0 Å². The molecule has 1 rings (SSSR count). The summed E-state index contributed by atoms with van der Waals surface area (Å²) in [5.41, 5.74) is 4.66. The minimum absolute atomic E-state index is 0.119. The van der Waals surface area contributed by atoms with Crippen molar-refractivity contribution in [1.82, 2.24) is 0 Å². The summed E-state index contributed by atoms with van der Waals surface area (Å²) in [7, 11) is 0. The summed E-state index contributed by atoms with van der Waals surface area (Å²) < 4.78 is 42.2. The van der Waals surface area contributed by atoms with Gasteiger partial charge < -0.3 is 15.8 Å². The Morgan fingerprint density at radius 3 is 2.63 bits per heavy atom. The zero-order valence-corrected chi connectivity index (χ0v) is 10.4. The van der Waals surface area contributed by atoms with Crippen molar-refractivity contribution < 1.29 is 22.7 Å². The Morgan fingerprint density at radius 2 is 2.11 bits per heavy atom. The van der Waals surface area contributed by atoms with Crippen LogP contribution < -0.4 is 11.1 Å². The number of hydrogen-bond acceptors (Lipinski definition) is 3. The fourth-order valence-electron chi connectivity index (χ4n) is 1.37. The maximum Gasteiger partial charge on any atom is 0.416 e. The summed E-state index contributed by atoms with van der Waals surface area (Å²) >= 11 is 0. The molecule has 0 aliphatic carbocycles. The van der Waals surface area contributed by atoms with Crippen molar-refractivity contribution >= 4 is 17.3 Å². The van der Waals surface area contributed by atoms with E-state index in [0.717, 1.165) is 18.2 Å². The average Bonchev–Trinajstić information content (AvgIpc) is 2.31. The number of hydrogen-bond donors (Lipinski definition) is 2. The van der Waals surface area contributed by atoms with Gasteiger partial charge in [-0.15, -0.1) is 0 Å². The maximum absolute atomic E-state index is 12.4. The smallest absolute Gasteiger partial charge is 0.397 e. The summed E-state index contributed by atoms with van der Waals surface area (Å²) in [6.07, 6.45) is -4.33. The number of rotatable bonds is 5. The monoisotopic (exact) mass is 276 g/mol. The van der Waals surface area contributed by atoms with Gasteiger partial charge in [-0.2, -0.15) is 13.2 Å². The molecule has 1 amide bonds. The molecule has 106 valence electrons. The number of carbonyl (C=O) groups excluding carboxylic acids is 1. The molecule has 0 saturated carbocycles. The van der Waals surface area contributed by atoms with Crippen LogP contribution in [0.1, 0.15) is 18.9 Å². The molecule has 0 saturated heterocycles. The Labute approximate surface area is 108 Å². The summed E-state index contributed by atoms with van der Waals surface area (Å²) in [6.45, 7) is 2.55. The predicted molar refractivity (Wildman–Crippen MR) is 65.6 cm³/mol. The van der Waals surface area contributed by atoms with Gasteiger partial charge in [-0.25, -0.2) is 0 Å². The number of anilines is 2. The molecule has 3 N–H and O–H groups in total. The van der Waals surface area contributed by atoms with E-state index in [4.69, 9.17) is 10.5 Å². The third-order valence-electron chi connectivity index (χ3n) is 2.33. The molecule has 0 spiro atoms. The highest BCUT2D eigenvalue weighted by Crippen LogP contribution is 2.32. The molecule has 1 aromatic carbocycles. The van der Waals surface area contributed by atoms with Gasteiger partial charge in [0.15, 0.2) is 0 Å². The average molecular weight is 276 g/mol. The lowest BCUT2D eigenvalue weighted by atomic mass is 10.1. The van der Waals surface area contributed by atoms with Gasteiger partial charge in [-0.3, -0.25) is 4.79 Å². The highest BCUT2D eigenvalue weighted by molar-refractivity contribution is 5.93. The molecule has 0 aliphatic heterocycles. The lowest BCUT2D eigenvalue weighted by Gasteiger charge is -2.11. The molecular formula is C12H15F3N2O2. The van der Waals surface area contributed by atoms with Gasteiger partial charge >= 0.3 is 6.18 Å². The molecule has 0 heterocycles. The third-order valence-corrected chi connectivity index (χ3v) is 2.33. The van der Waals surface area contributed by atoms with Crippen LogP contribution in [0.4, 0.5) is 24.5 Å². The van der Waals surface area contributed by atoms with Crippen molar-refractivity contribution in [3.8, 4) is 0 Å². The van der Waals surface area contributed by atoms with Crippen LogP contribution in [0, 0.1) is 0 Å². The van der Waals surface area contributed by atoms with Crippen LogP contribution in [0.3, 0.4) is 0 Å². The van der Waals surface area contributed by atoms with Crippen LogP contribution in [-0.2, 0) is 15.7 Å². The van der Waals surface area contributed by atoms with E-state index in [1.165, 1.54) is 0 Å². The Kier molecular flexibility index (Phi) is 5.17. The lowest BCUT2D eigenvalue weighted by molar-refractivity contribution is -0.137. The largest absolute Gasteiger partial charge is 0.416 e. The second-order valence-corrected chi connectivity index (χ2v) is 3.79. The predicted octanol–water partition coefficient (Wildman–Crippen LogP) is 2.65. The van der Waals surface area contributed by atoms with Gasteiger partial charge in [0.05, 0.1) is 30.0 Å². The first-order valence-electron chi connectivity index (χ1n) is 5.69. The van der Waals surface area contributed by atoms with Crippen LogP contribution in [0.15, 0.2) is 18.2 Å². The van der Waals surface area contributed by atoms with Crippen LogP contribution in [-0.4, -0.2) is 19.1 Å². The second kappa shape index (κ2) is 6.42. The molecule has 1 aromatic rings. The lowest BCUT2D eigenvalue weighted by Crippen LogP contribution is -2.15. The van der Waals surface area contributed by atoms with Gasteiger partial charge in [0, 0.05) is 6.61 Å². The summed E-state index contributed by atoms with van der Waals surface area (Å²) in [6, 6.07) is 2.80. The Bertz CT molecular complexity index is 447. The van der Waals surface area contributed by atoms with Crippen molar-refractivity contribution in [1.29, 1.82) is 0 Å². The van der Waals surface area contributed by atoms with Gasteiger partial charge in [0.2, 0.25) is 5.91 Å². The molecule has 0 aliphatic rings. The van der Waals surface area contributed by atoms with Crippen LogP contribution in [0.2, 0.25) is 0 Å². The number of halogens is 3. The molecule has 4 nitrogen and oxygen atoms in total. The summed E-state index contributed by atoms with van der Waals surface area (Å²) in [5.74, 6) is -0.361. The number of benzene rings is 1. The second-order valence-electron chi connectivity index (χ2n) is 3.79. The fraction of sp³-hybridized carbons (Fsp3) is 0.417. The maximum atomic E-state index is 12.4. The first-order valence-corrected chi connectivity index (χ1v) is 5.69. The number of nitrogen functional groups attached to an aromatic ring is 1. The standard InChI is InChI=1S/C12H15F3N2O2/c1-2-19-6-5-11(18)17-10-4-3-8(7-9(10)16)12(13,14)15/h3-4,7H,2,5-6,16H2,1H3,(H,17,18). The van der Waals surface area contributed by atoms with E-state index in [0.29, 0.717) is 6.61 Å². The topological polar surface area (TPSA) is 64.3 Å². The van der Waals surface area contributed by atoms with Crippen molar-refractivity contribution in [3.63, 3.8) is 0 Å². The first kappa shape index (κ1) is 15.3. The molecule has 0 bridgehead atoms. The SMILES string of the molecule is CCOCCC(=O)Nc1ccc(C(F)(F)F)cc1N. The first-order chi connectivity index (χ1) is 8.84. The van der Waals surface area contributed by atoms with Crippen LogP contribution in [0.5, 0.6) is 0 Å². The highest BCUT2D eigenvalue weighted by Gasteiger charge is 2.30. The van der Waals surface area contributed by atoms with Gasteiger partial charge in [0.1, 0.15) is 0 Å². The zero-order chi connectivity index (χ0) is 14.5. The van der Waals surface area contributed by atoms with E-state index in [-0.39, 0.29) is 30.3 Å². The summed E-state index contributed by atoms with van der Waals surface area (Å²) in [4.78, 5) is 11.5. The molecule has 19 heavy (non-hydrogen) atoms. The third kappa shape index (κ3) is 4.78. The van der Waals surface area contributed by atoms with E-state index >= 15 is 0 Å².